The van der Waals surface area contributed by atoms with Gasteiger partial charge in [0.1, 0.15) is 11.5 Å². The molecule has 3 atom stereocenters. The molecule has 2 saturated heterocycles. The first-order chi connectivity index (χ1) is 15.9. The summed E-state index contributed by atoms with van der Waals surface area (Å²) in [7, 11) is 0. The van der Waals surface area contributed by atoms with E-state index in [0.717, 1.165) is 11.1 Å². The summed E-state index contributed by atoms with van der Waals surface area (Å²) in [5, 5.41) is 13.6. The zero-order valence-corrected chi connectivity index (χ0v) is 19.0. The SMILES string of the molecule is C[C@]12C(=O)N(Cc3ccccc3)C(=O)[C@H]1[C@@](O)(c1cccs1)C(=O)N2CCc1ccccc1. The highest BCUT2D eigenvalue weighted by atomic mass is 32.1. The molecular weight excluding hydrogens is 436 g/mol. The number of imide groups is 1. The van der Waals surface area contributed by atoms with E-state index in [1.165, 1.54) is 21.1 Å². The van der Waals surface area contributed by atoms with Gasteiger partial charge in [-0.05, 0) is 35.9 Å². The third kappa shape index (κ3) is 3.14. The van der Waals surface area contributed by atoms with E-state index in [2.05, 4.69) is 0 Å². The molecule has 7 heteroatoms. The molecule has 2 aromatic carbocycles. The number of hydrogen-bond donors (Lipinski definition) is 1. The van der Waals surface area contributed by atoms with Crippen LogP contribution in [0.1, 0.15) is 22.9 Å². The van der Waals surface area contributed by atoms with E-state index in [1.807, 2.05) is 60.7 Å². The summed E-state index contributed by atoms with van der Waals surface area (Å²) in [6, 6.07) is 22.3. The minimum atomic E-state index is -2.07. The number of fused-ring (bicyclic) bond motifs is 1. The van der Waals surface area contributed by atoms with Crippen molar-refractivity contribution in [3.8, 4) is 0 Å². The van der Waals surface area contributed by atoms with Crippen molar-refractivity contribution in [2.75, 3.05) is 6.54 Å². The number of amides is 3. The first-order valence-corrected chi connectivity index (χ1v) is 11.8. The van der Waals surface area contributed by atoms with Gasteiger partial charge < -0.3 is 10.0 Å². The van der Waals surface area contributed by atoms with E-state index in [4.69, 9.17) is 0 Å². The molecule has 6 nitrogen and oxygen atoms in total. The maximum atomic E-state index is 13.8. The number of hydrogen-bond acceptors (Lipinski definition) is 5. The number of aliphatic hydroxyl groups is 1. The fraction of sp³-hybridized carbons (Fsp3) is 0.269. The van der Waals surface area contributed by atoms with Crippen LogP contribution in [0.15, 0.2) is 78.2 Å². The van der Waals surface area contributed by atoms with E-state index >= 15 is 0 Å². The molecule has 2 aliphatic heterocycles. The lowest BCUT2D eigenvalue weighted by molar-refractivity contribution is -0.157. The van der Waals surface area contributed by atoms with Crippen LogP contribution in [0.2, 0.25) is 0 Å². The second kappa shape index (κ2) is 7.93. The van der Waals surface area contributed by atoms with Crippen LogP contribution in [-0.4, -0.2) is 44.7 Å². The summed E-state index contributed by atoms with van der Waals surface area (Å²) >= 11 is 1.22. The van der Waals surface area contributed by atoms with Crippen LogP contribution < -0.4 is 0 Å². The number of nitrogens with zero attached hydrogens (tertiary/aromatic N) is 2. The first kappa shape index (κ1) is 21.6. The number of carbonyl (C=O) groups is 3. The maximum absolute atomic E-state index is 13.8. The molecule has 2 fully saturated rings. The Bertz CT molecular complexity index is 1200. The molecule has 0 unspecified atom stereocenters. The summed E-state index contributed by atoms with van der Waals surface area (Å²) < 4.78 is 0. The van der Waals surface area contributed by atoms with Crippen LogP contribution >= 0.6 is 11.3 Å². The molecule has 168 valence electrons. The molecule has 0 aliphatic carbocycles. The van der Waals surface area contributed by atoms with Gasteiger partial charge in [-0.25, -0.2) is 0 Å². The van der Waals surface area contributed by atoms with E-state index < -0.39 is 34.8 Å². The van der Waals surface area contributed by atoms with Crippen LogP contribution in [0.4, 0.5) is 0 Å². The topological polar surface area (TPSA) is 77.9 Å². The fourth-order valence-corrected chi connectivity index (χ4v) is 6.01. The Balaban J connectivity index is 1.56. The van der Waals surface area contributed by atoms with Crippen molar-refractivity contribution in [2.45, 2.75) is 31.0 Å². The molecule has 3 aromatic rings. The third-order valence-corrected chi connectivity index (χ3v) is 7.84. The Hall–Kier alpha value is -3.29. The first-order valence-electron chi connectivity index (χ1n) is 10.9. The Kier molecular flexibility index (Phi) is 5.18. The summed E-state index contributed by atoms with van der Waals surface area (Å²) in [6.45, 7) is 1.95. The third-order valence-electron chi connectivity index (χ3n) is 6.85. The van der Waals surface area contributed by atoms with Gasteiger partial charge in [-0.2, -0.15) is 0 Å². The van der Waals surface area contributed by atoms with E-state index in [0.29, 0.717) is 11.3 Å². The van der Waals surface area contributed by atoms with Gasteiger partial charge in [-0.15, -0.1) is 11.3 Å². The quantitative estimate of drug-likeness (QED) is 0.574. The van der Waals surface area contributed by atoms with E-state index in [1.54, 1.807) is 24.4 Å². The predicted molar refractivity (Wildman–Crippen MR) is 124 cm³/mol. The minimum Gasteiger partial charge on any atom is -0.374 e. The van der Waals surface area contributed by atoms with Crippen molar-refractivity contribution in [1.29, 1.82) is 0 Å². The average molecular weight is 461 g/mol. The second-order valence-electron chi connectivity index (χ2n) is 8.73. The normalized spacial score (nSPS) is 26.8. The second-order valence-corrected chi connectivity index (χ2v) is 9.68. The molecule has 2 aliphatic rings. The van der Waals surface area contributed by atoms with Gasteiger partial charge in [0.15, 0.2) is 5.60 Å². The van der Waals surface area contributed by atoms with E-state index in [9.17, 15) is 19.5 Å². The molecular formula is C26H24N2O4S. The Labute approximate surface area is 196 Å². The Morgan fingerprint density at radius 3 is 2.12 bits per heavy atom. The smallest absolute Gasteiger partial charge is 0.261 e. The van der Waals surface area contributed by atoms with Gasteiger partial charge in [-0.1, -0.05) is 66.7 Å². The molecule has 3 heterocycles. The highest BCUT2D eigenvalue weighted by Gasteiger charge is 2.76. The molecule has 1 N–H and O–H groups in total. The van der Waals surface area contributed by atoms with Crippen molar-refractivity contribution in [3.63, 3.8) is 0 Å². The zero-order valence-electron chi connectivity index (χ0n) is 18.2. The monoisotopic (exact) mass is 460 g/mol. The molecule has 3 amide bonds. The van der Waals surface area contributed by atoms with Crippen LogP contribution in [0.3, 0.4) is 0 Å². The van der Waals surface area contributed by atoms with Crippen molar-refractivity contribution in [1.82, 2.24) is 9.80 Å². The number of rotatable bonds is 6. The van der Waals surface area contributed by atoms with Gasteiger partial charge in [0.05, 0.1) is 6.54 Å². The summed E-state index contributed by atoms with van der Waals surface area (Å²) in [6.07, 6.45) is 0.509. The fourth-order valence-electron chi connectivity index (χ4n) is 5.17. The van der Waals surface area contributed by atoms with Crippen LogP contribution in [-0.2, 0) is 33.0 Å². The lowest BCUT2D eigenvalue weighted by atomic mass is 9.79. The predicted octanol–water partition coefficient (Wildman–Crippen LogP) is 2.96. The molecule has 5 rings (SSSR count). The highest BCUT2D eigenvalue weighted by Crippen LogP contribution is 2.54. The Morgan fingerprint density at radius 1 is 0.879 bits per heavy atom. The molecule has 33 heavy (non-hydrogen) atoms. The summed E-state index contributed by atoms with van der Waals surface area (Å²) in [5.41, 5.74) is -1.71. The highest BCUT2D eigenvalue weighted by molar-refractivity contribution is 7.10. The van der Waals surface area contributed by atoms with E-state index in [-0.39, 0.29) is 13.1 Å². The lowest BCUT2D eigenvalue weighted by Crippen LogP contribution is -2.52. The zero-order chi connectivity index (χ0) is 23.2. The molecule has 0 saturated carbocycles. The van der Waals surface area contributed by atoms with Gasteiger partial charge in [-0.3, -0.25) is 19.3 Å². The van der Waals surface area contributed by atoms with Crippen molar-refractivity contribution < 1.29 is 19.5 Å². The largest absolute Gasteiger partial charge is 0.374 e. The van der Waals surface area contributed by atoms with Gasteiger partial charge >= 0.3 is 0 Å². The summed E-state index contributed by atoms with van der Waals surface area (Å²) in [5.74, 6) is -2.76. The Morgan fingerprint density at radius 2 is 1.52 bits per heavy atom. The standard InChI is InChI=1S/C26H24N2O4S/c1-25-21(22(29)27(23(25)30)17-19-11-6-3-7-12-19)26(32,20-13-8-16-33-20)24(31)28(25)15-14-18-9-4-2-5-10-18/h2-13,16,21,32H,14-15,17H2,1H3/t21-,25-,26+/m1/s1. The van der Waals surface area contributed by atoms with Gasteiger partial charge in [0, 0.05) is 11.4 Å². The van der Waals surface area contributed by atoms with Crippen molar-refractivity contribution in [2.24, 2.45) is 5.92 Å². The maximum Gasteiger partial charge on any atom is 0.261 e. The molecule has 0 bridgehead atoms. The number of likely N-dealkylation sites (tertiary alicyclic amines) is 2. The van der Waals surface area contributed by atoms with Crippen molar-refractivity contribution in [3.05, 3.63) is 94.2 Å². The van der Waals surface area contributed by atoms with Gasteiger partial charge in [0.2, 0.25) is 5.91 Å². The van der Waals surface area contributed by atoms with Crippen LogP contribution in [0.25, 0.3) is 0 Å². The number of carbonyl (C=O) groups excluding carboxylic acids is 3. The molecule has 0 spiro atoms. The number of thiophene rings is 1. The van der Waals surface area contributed by atoms with Crippen LogP contribution in [0, 0.1) is 5.92 Å². The number of benzene rings is 2. The summed E-state index contributed by atoms with van der Waals surface area (Å²) in [4.78, 5) is 44.1. The van der Waals surface area contributed by atoms with Crippen LogP contribution in [0.5, 0.6) is 0 Å². The van der Waals surface area contributed by atoms with Crippen molar-refractivity contribution >= 4 is 29.1 Å². The lowest BCUT2D eigenvalue weighted by Gasteiger charge is -2.32. The molecule has 0 radical (unpaired) electrons. The van der Waals surface area contributed by atoms with Gasteiger partial charge in [0.25, 0.3) is 11.8 Å². The molecule has 1 aromatic heterocycles. The minimum absolute atomic E-state index is 0.103. The average Bonchev–Trinajstić information content (AvgIpc) is 3.48.